The fraction of sp³-hybridized carbons (Fsp3) is 1.00. The Morgan fingerprint density at radius 1 is 1.06 bits per heavy atom. The Labute approximate surface area is 106 Å². The number of nitrogens with zero attached hydrogens (tertiary/aromatic N) is 2. The number of piperidine rings is 1. The van der Waals surface area contributed by atoms with Crippen LogP contribution < -0.4 is 0 Å². The second kappa shape index (κ2) is 4.92. The van der Waals surface area contributed by atoms with Crippen LogP contribution in [0.15, 0.2) is 0 Å². The average Bonchev–Trinajstić information content (AvgIpc) is 2.66. The van der Waals surface area contributed by atoms with Gasteiger partial charge >= 0.3 is 0 Å². The van der Waals surface area contributed by atoms with Gasteiger partial charge in [0.2, 0.25) is 0 Å². The molecule has 4 nitrogen and oxygen atoms in total. The van der Waals surface area contributed by atoms with E-state index in [9.17, 15) is 8.42 Å². The van der Waals surface area contributed by atoms with Gasteiger partial charge in [-0.15, -0.1) is 0 Å². The van der Waals surface area contributed by atoms with Crippen LogP contribution in [0.1, 0.15) is 26.2 Å². The van der Waals surface area contributed by atoms with Crippen LogP contribution in [0, 0.1) is 5.92 Å². The van der Waals surface area contributed by atoms with E-state index in [1.807, 2.05) is 0 Å². The second-order valence-corrected chi connectivity index (χ2v) is 8.06. The summed E-state index contributed by atoms with van der Waals surface area (Å²) in [5, 5.41) is 0. The first-order valence-corrected chi connectivity index (χ1v) is 8.20. The Bertz CT molecular complexity index is 339. The third kappa shape index (κ3) is 2.60. The Morgan fingerprint density at radius 3 is 2.12 bits per heavy atom. The predicted octanol–water partition coefficient (Wildman–Crippen LogP) is 1.43. The molecule has 1 unspecified atom stereocenters. The molecule has 0 bridgehead atoms. The van der Waals surface area contributed by atoms with Crippen LogP contribution in [0.4, 0.5) is 0 Å². The molecule has 2 heterocycles. The van der Waals surface area contributed by atoms with E-state index in [1.165, 1.54) is 0 Å². The molecule has 0 aromatic rings. The van der Waals surface area contributed by atoms with Crippen LogP contribution in [0.25, 0.3) is 0 Å². The van der Waals surface area contributed by atoms with Crippen LogP contribution in [0.2, 0.25) is 0 Å². The summed E-state index contributed by atoms with van der Waals surface area (Å²) in [5.74, 6) is 0.661. The molecule has 16 heavy (non-hydrogen) atoms. The maximum absolute atomic E-state index is 12.3. The van der Waals surface area contributed by atoms with E-state index in [0.717, 1.165) is 19.3 Å². The molecule has 2 fully saturated rings. The third-order valence-corrected chi connectivity index (χ3v) is 6.24. The van der Waals surface area contributed by atoms with Crippen LogP contribution in [-0.4, -0.2) is 48.0 Å². The smallest absolute Gasteiger partial charge is 0.195 e. The lowest BCUT2D eigenvalue weighted by Crippen LogP contribution is -2.46. The molecule has 0 saturated carbocycles. The van der Waals surface area contributed by atoms with Gasteiger partial charge in [0.1, 0.15) is 0 Å². The number of hydrogen-bond donors (Lipinski definition) is 0. The summed E-state index contributed by atoms with van der Waals surface area (Å²) in [5.41, 5.74) is 0. The topological polar surface area (TPSA) is 40.6 Å². The second-order valence-electron chi connectivity index (χ2n) is 4.83. The van der Waals surface area contributed by atoms with E-state index >= 15 is 0 Å². The van der Waals surface area contributed by atoms with Gasteiger partial charge in [-0.3, -0.25) is 0 Å². The molecule has 0 radical (unpaired) electrons. The summed E-state index contributed by atoms with van der Waals surface area (Å²) in [6.07, 6.45) is 2.90. The van der Waals surface area contributed by atoms with Crippen molar-refractivity contribution < 1.29 is 8.42 Å². The molecule has 1 atom stereocenters. The average molecular weight is 311 g/mol. The van der Waals surface area contributed by atoms with Crippen molar-refractivity contribution in [3.63, 3.8) is 0 Å². The van der Waals surface area contributed by atoms with Gasteiger partial charge in [0.25, 0.3) is 10.2 Å². The Morgan fingerprint density at radius 2 is 1.62 bits per heavy atom. The summed E-state index contributed by atoms with van der Waals surface area (Å²) in [4.78, 5) is 0.325. The summed E-state index contributed by atoms with van der Waals surface area (Å²) in [7, 11) is -3.18. The van der Waals surface area contributed by atoms with E-state index < -0.39 is 10.2 Å². The Balaban J connectivity index is 2.02. The molecule has 0 N–H and O–H groups in total. The molecule has 0 aromatic heterocycles. The van der Waals surface area contributed by atoms with Crippen molar-refractivity contribution >= 4 is 26.1 Å². The monoisotopic (exact) mass is 310 g/mol. The molecule has 2 saturated heterocycles. The normalized spacial score (nSPS) is 31.0. The molecule has 2 aliphatic heterocycles. The lowest BCUT2D eigenvalue weighted by molar-refractivity contribution is 0.270. The summed E-state index contributed by atoms with van der Waals surface area (Å²) in [6.45, 7) is 4.84. The van der Waals surface area contributed by atoms with Crippen molar-refractivity contribution in [3.05, 3.63) is 0 Å². The lowest BCUT2D eigenvalue weighted by atomic mass is 10.0. The van der Waals surface area contributed by atoms with Crippen molar-refractivity contribution in [2.24, 2.45) is 5.92 Å². The Kier molecular flexibility index (Phi) is 3.93. The number of rotatable bonds is 2. The molecule has 0 spiro atoms. The highest BCUT2D eigenvalue weighted by molar-refractivity contribution is 9.09. The van der Waals surface area contributed by atoms with Crippen molar-refractivity contribution in [1.82, 2.24) is 8.61 Å². The zero-order valence-electron chi connectivity index (χ0n) is 9.60. The standard InChI is InChI=1S/C10H19BrN2O2S/c1-9-2-5-12(6-3-9)16(14,15)13-7-4-10(11)8-13/h9-10H,2-8H2,1H3. The Hall–Kier alpha value is 0.350. The summed E-state index contributed by atoms with van der Waals surface area (Å²) < 4.78 is 27.8. The largest absolute Gasteiger partial charge is 0.282 e. The molecular weight excluding hydrogens is 292 g/mol. The third-order valence-electron chi connectivity index (χ3n) is 3.49. The number of halogens is 1. The summed E-state index contributed by atoms with van der Waals surface area (Å²) in [6, 6.07) is 0. The van der Waals surface area contributed by atoms with Crippen LogP contribution in [0.5, 0.6) is 0 Å². The zero-order valence-corrected chi connectivity index (χ0v) is 12.0. The molecule has 0 amide bonds. The van der Waals surface area contributed by atoms with E-state index in [-0.39, 0.29) is 0 Å². The zero-order chi connectivity index (χ0) is 11.8. The maximum Gasteiger partial charge on any atom is 0.282 e. The van der Waals surface area contributed by atoms with Crippen LogP contribution >= 0.6 is 15.9 Å². The fourth-order valence-corrected chi connectivity index (χ4v) is 4.73. The first-order valence-electron chi connectivity index (χ1n) is 5.89. The molecule has 6 heteroatoms. The van der Waals surface area contributed by atoms with Gasteiger partial charge in [0, 0.05) is 31.0 Å². The SMILES string of the molecule is CC1CCN(S(=O)(=O)N2CCC(Br)C2)CC1. The van der Waals surface area contributed by atoms with Crippen LogP contribution in [0.3, 0.4) is 0 Å². The summed E-state index contributed by atoms with van der Waals surface area (Å²) >= 11 is 3.48. The highest BCUT2D eigenvalue weighted by atomic mass is 79.9. The van der Waals surface area contributed by atoms with Gasteiger partial charge < -0.3 is 0 Å². The quantitative estimate of drug-likeness (QED) is 0.724. The molecule has 0 aromatic carbocycles. The molecular formula is C10H19BrN2O2S. The van der Waals surface area contributed by atoms with Crippen molar-refractivity contribution in [1.29, 1.82) is 0 Å². The number of alkyl halides is 1. The molecule has 94 valence electrons. The van der Waals surface area contributed by atoms with Crippen molar-refractivity contribution in [2.75, 3.05) is 26.2 Å². The van der Waals surface area contributed by atoms with Crippen molar-refractivity contribution in [2.45, 2.75) is 31.0 Å². The van der Waals surface area contributed by atoms with Gasteiger partial charge in [0.05, 0.1) is 0 Å². The minimum atomic E-state index is -3.18. The van der Waals surface area contributed by atoms with E-state index in [1.54, 1.807) is 8.61 Å². The van der Waals surface area contributed by atoms with Crippen LogP contribution in [-0.2, 0) is 10.2 Å². The predicted molar refractivity (Wildman–Crippen MR) is 67.8 cm³/mol. The molecule has 2 aliphatic rings. The first-order chi connectivity index (χ1) is 7.50. The molecule has 2 rings (SSSR count). The van der Waals surface area contributed by atoms with Gasteiger partial charge in [-0.25, -0.2) is 0 Å². The van der Waals surface area contributed by atoms with E-state index in [4.69, 9.17) is 0 Å². The van der Waals surface area contributed by atoms with E-state index in [0.29, 0.717) is 36.9 Å². The fourth-order valence-electron chi connectivity index (χ4n) is 2.28. The molecule has 0 aliphatic carbocycles. The van der Waals surface area contributed by atoms with Gasteiger partial charge in [-0.2, -0.15) is 17.0 Å². The minimum absolute atomic E-state index is 0.325. The van der Waals surface area contributed by atoms with Crippen molar-refractivity contribution in [3.8, 4) is 0 Å². The highest BCUT2D eigenvalue weighted by Crippen LogP contribution is 2.25. The highest BCUT2D eigenvalue weighted by Gasteiger charge is 2.35. The van der Waals surface area contributed by atoms with Gasteiger partial charge in [0.15, 0.2) is 0 Å². The number of hydrogen-bond acceptors (Lipinski definition) is 2. The lowest BCUT2D eigenvalue weighted by Gasteiger charge is -2.32. The van der Waals surface area contributed by atoms with Gasteiger partial charge in [-0.05, 0) is 25.2 Å². The maximum atomic E-state index is 12.3. The van der Waals surface area contributed by atoms with E-state index in [2.05, 4.69) is 22.9 Å². The minimum Gasteiger partial charge on any atom is -0.195 e. The van der Waals surface area contributed by atoms with Gasteiger partial charge in [-0.1, -0.05) is 22.9 Å². The first kappa shape index (κ1) is 12.8.